The van der Waals surface area contributed by atoms with E-state index in [2.05, 4.69) is 10.0 Å². The zero-order valence-electron chi connectivity index (χ0n) is 14.9. The number of hydrogen-bond acceptors (Lipinski definition) is 3. The fourth-order valence-corrected chi connectivity index (χ4v) is 4.23. The molecule has 5 nitrogen and oxygen atoms in total. The average molecular weight is 417 g/mol. The molecule has 2 aromatic rings. The fourth-order valence-electron chi connectivity index (χ4n) is 2.34. The number of rotatable bonds is 5. The highest BCUT2D eigenvalue weighted by Gasteiger charge is 2.24. The molecule has 146 valence electrons. The molecule has 0 saturated carbocycles. The second-order valence-corrected chi connectivity index (χ2v) is 8.95. The van der Waals surface area contributed by atoms with E-state index in [1.54, 1.807) is 39.0 Å². The Labute approximate surface area is 161 Å². The Morgan fingerprint density at radius 3 is 2.33 bits per heavy atom. The van der Waals surface area contributed by atoms with Gasteiger partial charge in [0.05, 0.1) is 15.5 Å². The van der Waals surface area contributed by atoms with Crippen molar-refractivity contribution in [3.05, 3.63) is 64.2 Å². The zero-order chi connectivity index (χ0) is 20.4. The molecule has 0 aliphatic carbocycles. The Hall–Kier alpha value is -2.03. The highest BCUT2D eigenvalue weighted by atomic mass is 35.5. The summed E-state index contributed by atoms with van der Waals surface area (Å²) in [5.41, 5.74) is -0.598. The van der Waals surface area contributed by atoms with Gasteiger partial charge in [0, 0.05) is 12.1 Å². The Bertz CT molecular complexity index is 973. The summed E-state index contributed by atoms with van der Waals surface area (Å²) in [7, 11) is -3.82. The van der Waals surface area contributed by atoms with Crippen molar-refractivity contribution in [2.24, 2.45) is 0 Å². The van der Waals surface area contributed by atoms with Gasteiger partial charge in [-0.1, -0.05) is 29.8 Å². The van der Waals surface area contributed by atoms with Crippen molar-refractivity contribution in [1.82, 2.24) is 10.0 Å². The van der Waals surface area contributed by atoms with Gasteiger partial charge in [-0.2, -0.15) is 0 Å². The van der Waals surface area contributed by atoms with Crippen molar-refractivity contribution in [3.63, 3.8) is 0 Å². The molecule has 2 aromatic carbocycles. The Balaban J connectivity index is 2.25. The highest BCUT2D eigenvalue weighted by Crippen LogP contribution is 2.21. The minimum Gasteiger partial charge on any atom is -0.348 e. The summed E-state index contributed by atoms with van der Waals surface area (Å²) >= 11 is 5.78. The van der Waals surface area contributed by atoms with Gasteiger partial charge in [-0.05, 0) is 44.5 Å². The average Bonchev–Trinajstić information content (AvgIpc) is 2.54. The maximum absolute atomic E-state index is 13.4. The summed E-state index contributed by atoms with van der Waals surface area (Å²) in [6.45, 7) is 4.98. The minimum atomic E-state index is -3.82. The molecule has 2 N–H and O–H groups in total. The van der Waals surface area contributed by atoms with Gasteiger partial charge in [0.25, 0.3) is 5.91 Å². The fraction of sp³-hybridized carbons (Fsp3) is 0.278. The van der Waals surface area contributed by atoms with Crippen molar-refractivity contribution in [2.75, 3.05) is 0 Å². The van der Waals surface area contributed by atoms with E-state index in [4.69, 9.17) is 11.6 Å². The first-order chi connectivity index (χ1) is 12.4. The van der Waals surface area contributed by atoms with Crippen molar-refractivity contribution in [1.29, 1.82) is 0 Å². The molecule has 0 aliphatic rings. The molecule has 0 spiro atoms. The Morgan fingerprint density at radius 2 is 1.70 bits per heavy atom. The van der Waals surface area contributed by atoms with Gasteiger partial charge < -0.3 is 5.32 Å². The van der Waals surface area contributed by atoms with Crippen LogP contribution in [0.25, 0.3) is 0 Å². The molecule has 0 heterocycles. The largest absolute Gasteiger partial charge is 0.348 e. The monoisotopic (exact) mass is 416 g/mol. The van der Waals surface area contributed by atoms with Crippen LogP contribution in [0.5, 0.6) is 0 Å². The maximum atomic E-state index is 13.4. The van der Waals surface area contributed by atoms with Crippen LogP contribution in [0.15, 0.2) is 41.3 Å². The Kier molecular flexibility index (Phi) is 6.24. The molecule has 0 unspecified atom stereocenters. The number of benzene rings is 2. The lowest BCUT2D eigenvalue weighted by Crippen LogP contribution is -2.41. The van der Waals surface area contributed by atoms with Gasteiger partial charge in [-0.3, -0.25) is 4.79 Å². The van der Waals surface area contributed by atoms with Gasteiger partial charge in [-0.25, -0.2) is 21.9 Å². The molecule has 1 amide bonds. The summed E-state index contributed by atoms with van der Waals surface area (Å²) in [5, 5.41) is 2.22. The topological polar surface area (TPSA) is 75.3 Å². The molecule has 0 saturated heterocycles. The van der Waals surface area contributed by atoms with Gasteiger partial charge in [0.2, 0.25) is 10.0 Å². The van der Waals surface area contributed by atoms with E-state index in [1.165, 1.54) is 6.07 Å². The van der Waals surface area contributed by atoms with Crippen molar-refractivity contribution in [2.45, 2.75) is 37.8 Å². The van der Waals surface area contributed by atoms with Gasteiger partial charge in [-0.15, -0.1) is 0 Å². The van der Waals surface area contributed by atoms with E-state index in [0.29, 0.717) is 17.7 Å². The van der Waals surface area contributed by atoms with Gasteiger partial charge in [0.1, 0.15) is 0 Å². The normalized spacial score (nSPS) is 12.1. The summed E-state index contributed by atoms with van der Waals surface area (Å²) in [5.74, 6) is -3.13. The van der Waals surface area contributed by atoms with Crippen LogP contribution in [0.1, 0.15) is 36.7 Å². The second-order valence-electron chi connectivity index (χ2n) is 6.89. The van der Waals surface area contributed by atoms with Crippen LogP contribution in [0.4, 0.5) is 8.78 Å². The van der Waals surface area contributed by atoms with E-state index in [0.717, 1.165) is 0 Å². The third-order valence-electron chi connectivity index (χ3n) is 3.40. The molecule has 0 fully saturated rings. The van der Waals surface area contributed by atoms with Crippen LogP contribution in [-0.2, 0) is 16.6 Å². The first-order valence-electron chi connectivity index (χ1n) is 7.95. The van der Waals surface area contributed by atoms with Gasteiger partial charge >= 0.3 is 0 Å². The second kappa shape index (κ2) is 7.92. The van der Waals surface area contributed by atoms with Crippen LogP contribution in [0.2, 0.25) is 5.02 Å². The Morgan fingerprint density at radius 1 is 1.11 bits per heavy atom. The lowest BCUT2D eigenvalue weighted by molar-refractivity contribution is 0.0950. The van der Waals surface area contributed by atoms with Gasteiger partial charge in [0.15, 0.2) is 11.6 Å². The maximum Gasteiger partial charge on any atom is 0.253 e. The first kappa shape index (κ1) is 21.3. The molecular formula is C18H19ClF2N2O3S. The SMILES string of the molecule is CC(C)(C)NS(=O)(=O)c1ccccc1CNC(=O)c1cc(F)c(F)cc1Cl. The number of halogens is 3. The number of sulfonamides is 1. The lowest BCUT2D eigenvalue weighted by atomic mass is 10.1. The van der Waals surface area contributed by atoms with Crippen molar-refractivity contribution in [3.8, 4) is 0 Å². The number of carbonyl (C=O) groups is 1. The van der Waals surface area contributed by atoms with E-state index >= 15 is 0 Å². The molecule has 27 heavy (non-hydrogen) atoms. The third-order valence-corrected chi connectivity index (χ3v) is 5.57. The summed E-state index contributed by atoms with van der Waals surface area (Å²) < 4.78 is 54.2. The standard InChI is InChI=1S/C18H19ClF2N2O3S/c1-18(2,3)23-27(25,26)16-7-5-4-6-11(16)10-22-17(24)12-8-14(20)15(21)9-13(12)19/h4-9,23H,10H2,1-3H3,(H,22,24). The van der Waals surface area contributed by atoms with Crippen LogP contribution in [-0.4, -0.2) is 19.9 Å². The molecular weight excluding hydrogens is 398 g/mol. The molecule has 9 heteroatoms. The van der Waals surface area contributed by atoms with Crippen molar-refractivity contribution < 1.29 is 22.0 Å². The minimum absolute atomic E-state index is 0.0107. The lowest BCUT2D eigenvalue weighted by Gasteiger charge is -2.21. The molecule has 0 bridgehead atoms. The highest BCUT2D eigenvalue weighted by molar-refractivity contribution is 7.89. The first-order valence-corrected chi connectivity index (χ1v) is 9.81. The zero-order valence-corrected chi connectivity index (χ0v) is 16.5. The quantitative estimate of drug-likeness (QED) is 0.731. The smallest absolute Gasteiger partial charge is 0.253 e. The van der Waals surface area contributed by atoms with E-state index in [-0.39, 0.29) is 22.0 Å². The van der Waals surface area contributed by atoms with Crippen LogP contribution in [0.3, 0.4) is 0 Å². The number of amides is 1. The molecule has 0 radical (unpaired) electrons. The predicted octanol–water partition coefficient (Wildman–Crippen LogP) is 3.63. The molecule has 0 aliphatic heterocycles. The van der Waals surface area contributed by atoms with E-state index in [1.807, 2.05) is 0 Å². The van der Waals surface area contributed by atoms with Crippen molar-refractivity contribution >= 4 is 27.5 Å². The van der Waals surface area contributed by atoms with Crippen LogP contribution >= 0.6 is 11.6 Å². The summed E-state index contributed by atoms with van der Waals surface area (Å²) in [6.07, 6.45) is 0. The summed E-state index contributed by atoms with van der Waals surface area (Å²) in [6, 6.07) is 7.55. The third kappa shape index (κ3) is 5.47. The molecule has 2 rings (SSSR count). The van der Waals surface area contributed by atoms with E-state index < -0.39 is 33.1 Å². The predicted molar refractivity (Wildman–Crippen MR) is 99.1 cm³/mol. The van der Waals surface area contributed by atoms with Crippen LogP contribution in [0, 0.1) is 11.6 Å². The molecule has 0 atom stereocenters. The number of hydrogen-bond donors (Lipinski definition) is 2. The van der Waals surface area contributed by atoms with Crippen LogP contribution < -0.4 is 10.0 Å². The molecule has 0 aromatic heterocycles. The van der Waals surface area contributed by atoms with E-state index in [9.17, 15) is 22.0 Å². The summed E-state index contributed by atoms with van der Waals surface area (Å²) in [4.78, 5) is 12.3. The number of carbonyl (C=O) groups excluding carboxylic acids is 1. The number of nitrogens with one attached hydrogen (secondary N) is 2.